The van der Waals surface area contributed by atoms with Crippen LogP contribution < -0.4 is 14.2 Å². The Hall–Kier alpha value is -8.90. The van der Waals surface area contributed by atoms with Crippen molar-refractivity contribution in [2.45, 2.75) is 36.1 Å². The number of fused-ring (bicyclic) bond motifs is 3. The minimum absolute atomic E-state index is 0.0545. The Bertz CT molecular complexity index is 3250. The van der Waals surface area contributed by atoms with Crippen LogP contribution in [0.2, 0.25) is 0 Å². The lowest BCUT2D eigenvalue weighted by atomic mass is 9.76. The molecule has 9 N–H and O–H groups in total. The van der Waals surface area contributed by atoms with Crippen molar-refractivity contribution in [1.82, 2.24) is 0 Å². The number of aromatic hydroxyl groups is 9. The van der Waals surface area contributed by atoms with E-state index in [1.807, 2.05) is 30.3 Å². The third-order valence-electron chi connectivity index (χ3n) is 13.0. The van der Waals surface area contributed by atoms with Crippen molar-refractivity contribution in [3.63, 3.8) is 0 Å². The van der Waals surface area contributed by atoms with Crippen LogP contribution in [-0.2, 0) is 0 Å². The van der Waals surface area contributed by atoms with E-state index in [4.69, 9.17) is 14.2 Å². The van der Waals surface area contributed by atoms with Gasteiger partial charge >= 0.3 is 0 Å². The topological polar surface area (TPSA) is 210 Å². The fourth-order valence-corrected chi connectivity index (χ4v) is 10.1. The summed E-state index contributed by atoms with van der Waals surface area (Å²) in [6.45, 7) is 0. The lowest BCUT2D eigenvalue weighted by molar-refractivity contribution is 0.220. The molecule has 68 heavy (non-hydrogen) atoms. The van der Waals surface area contributed by atoms with E-state index in [-0.39, 0.29) is 51.7 Å². The summed E-state index contributed by atoms with van der Waals surface area (Å²) in [6, 6.07) is 40.9. The normalized spacial score (nSPS) is 20.0. The molecule has 0 saturated heterocycles. The van der Waals surface area contributed by atoms with Crippen molar-refractivity contribution in [3.05, 3.63) is 213 Å². The van der Waals surface area contributed by atoms with Crippen molar-refractivity contribution in [2.75, 3.05) is 0 Å². The van der Waals surface area contributed by atoms with Crippen molar-refractivity contribution in [2.24, 2.45) is 0 Å². The van der Waals surface area contributed by atoms with Gasteiger partial charge in [-0.2, -0.15) is 0 Å². The summed E-state index contributed by atoms with van der Waals surface area (Å²) >= 11 is 0. The molecule has 12 nitrogen and oxygen atoms in total. The van der Waals surface area contributed by atoms with Gasteiger partial charge in [0.25, 0.3) is 0 Å². The number of phenolic OH excluding ortho intramolecular Hbond substituents is 9. The molecule has 3 aliphatic heterocycles. The minimum Gasteiger partial charge on any atom is -0.508 e. The maximum Gasteiger partial charge on any atom is 0.135 e. The van der Waals surface area contributed by atoms with Crippen LogP contribution in [0.3, 0.4) is 0 Å². The second-order valence-electron chi connectivity index (χ2n) is 17.4. The summed E-state index contributed by atoms with van der Waals surface area (Å²) in [7, 11) is 0. The van der Waals surface area contributed by atoms with E-state index < -0.39 is 36.1 Å². The Kier molecular flexibility index (Phi) is 9.96. The van der Waals surface area contributed by atoms with Crippen LogP contribution in [0.1, 0.15) is 97.3 Å². The number of benzene rings is 8. The molecule has 0 amide bonds. The van der Waals surface area contributed by atoms with Gasteiger partial charge < -0.3 is 60.2 Å². The van der Waals surface area contributed by atoms with E-state index in [1.165, 1.54) is 18.2 Å². The van der Waals surface area contributed by atoms with Crippen LogP contribution in [0.5, 0.6) is 69.0 Å². The van der Waals surface area contributed by atoms with Crippen molar-refractivity contribution in [1.29, 1.82) is 0 Å². The zero-order chi connectivity index (χ0) is 47.0. The summed E-state index contributed by atoms with van der Waals surface area (Å²) < 4.78 is 19.9. The molecular weight excluding hydrogens is 865 g/mol. The van der Waals surface area contributed by atoms with E-state index in [2.05, 4.69) is 0 Å². The van der Waals surface area contributed by atoms with E-state index in [0.29, 0.717) is 56.2 Å². The zero-order valence-corrected chi connectivity index (χ0v) is 35.8. The Morgan fingerprint density at radius 1 is 0.309 bits per heavy atom. The van der Waals surface area contributed by atoms with Crippen LogP contribution in [0.4, 0.5) is 0 Å². The number of rotatable bonds is 8. The van der Waals surface area contributed by atoms with Gasteiger partial charge in [0.05, 0.1) is 17.8 Å². The van der Waals surface area contributed by atoms with Crippen LogP contribution in [-0.4, -0.2) is 46.0 Å². The molecule has 0 aromatic heterocycles. The molecule has 0 bridgehead atoms. The first-order valence-corrected chi connectivity index (χ1v) is 21.8. The monoisotopic (exact) mass is 906 g/mol. The molecule has 8 aromatic rings. The molecule has 6 atom stereocenters. The van der Waals surface area contributed by atoms with Crippen LogP contribution >= 0.6 is 0 Å². The van der Waals surface area contributed by atoms with E-state index >= 15 is 0 Å². The van der Waals surface area contributed by atoms with Crippen LogP contribution in [0.15, 0.2) is 152 Å². The quantitative estimate of drug-likeness (QED) is 0.0652. The summed E-state index contributed by atoms with van der Waals surface area (Å²) in [4.78, 5) is 0. The molecule has 0 unspecified atom stereocenters. The first kappa shape index (κ1) is 41.8. The third kappa shape index (κ3) is 7.47. The molecule has 12 heteroatoms. The van der Waals surface area contributed by atoms with Gasteiger partial charge in [-0.05, 0) is 124 Å². The summed E-state index contributed by atoms with van der Waals surface area (Å²) in [5.74, 6) is -0.861. The number of hydrogen-bond donors (Lipinski definition) is 9. The smallest absolute Gasteiger partial charge is 0.135 e. The van der Waals surface area contributed by atoms with Gasteiger partial charge in [-0.15, -0.1) is 0 Å². The molecule has 0 saturated carbocycles. The molecule has 0 spiro atoms. The third-order valence-corrected chi connectivity index (χ3v) is 13.0. The van der Waals surface area contributed by atoms with Crippen molar-refractivity contribution < 1.29 is 60.2 Å². The zero-order valence-electron chi connectivity index (χ0n) is 35.8. The fourth-order valence-electron chi connectivity index (χ4n) is 10.1. The number of ether oxygens (including phenoxy) is 3. The maximum absolute atomic E-state index is 11.4. The largest absolute Gasteiger partial charge is 0.508 e. The average molecular weight is 907 g/mol. The number of hydrogen-bond acceptors (Lipinski definition) is 12. The summed E-state index contributed by atoms with van der Waals surface area (Å²) in [5, 5.41) is 96.0. The average Bonchev–Trinajstić information content (AvgIpc) is 3.99. The van der Waals surface area contributed by atoms with Crippen LogP contribution in [0, 0.1) is 0 Å². The maximum atomic E-state index is 11.4. The molecule has 0 fully saturated rings. The Morgan fingerprint density at radius 3 is 1.32 bits per heavy atom. The highest BCUT2D eigenvalue weighted by molar-refractivity contribution is 5.76. The lowest BCUT2D eigenvalue weighted by Gasteiger charge is -2.26. The van der Waals surface area contributed by atoms with Crippen molar-refractivity contribution in [3.8, 4) is 69.0 Å². The van der Waals surface area contributed by atoms with Crippen LogP contribution in [0.25, 0.3) is 12.2 Å². The standard InChI is InChI=1S/C56H42O12/c57-35-10-4-29(5-11-35)54-50(33-18-38(60)23-39(61)19-33)44-22-32(46(65)27-48(44)67-54)3-1-28-2-16-47-43(17-28)52(56(66-47)31-8-14-37(59)15-9-31)45-25-42(64)26-49-53(45)51(34-20-40(62)24-41(63)21-34)55(68-49)30-6-12-36(58)13-7-30/h1-27,50-52,54-65H/b3-1+/t50-,51+,52+,54+,55-,56-/m0/s1. The minimum atomic E-state index is -0.713. The molecule has 0 radical (unpaired) electrons. The number of phenols is 9. The Labute approximate surface area is 389 Å². The molecule has 11 rings (SSSR count). The Balaban J connectivity index is 1.02. The second-order valence-corrected chi connectivity index (χ2v) is 17.4. The fraction of sp³-hybridized carbons (Fsp3) is 0.107. The molecule has 3 heterocycles. The second kappa shape index (κ2) is 16.2. The molecule has 3 aliphatic rings. The predicted molar refractivity (Wildman–Crippen MR) is 251 cm³/mol. The van der Waals surface area contributed by atoms with Gasteiger partial charge in [0.15, 0.2) is 0 Å². The highest BCUT2D eigenvalue weighted by Crippen LogP contribution is 2.59. The Morgan fingerprint density at radius 2 is 0.765 bits per heavy atom. The molecular formula is C56H42O12. The first-order chi connectivity index (χ1) is 32.8. The first-order valence-electron chi connectivity index (χ1n) is 21.8. The SMILES string of the molecule is Oc1ccc([C@H]2Oc3cc(O)c(/C=C/c4ccc5c(c4)[C@H](c4cc(O)cc6c4[C@@H](c4cc(O)cc(O)c4)[C@H](c4ccc(O)cc4)O6)[C@H](c4ccc(O)cc4)O5)cc3[C@@H]2c2cc(O)cc(O)c2)cc1. The molecule has 0 aliphatic carbocycles. The highest BCUT2D eigenvalue weighted by Gasteiger charge is 2.45. The van der Waals surface area contributed by atoms with Gasteiger partial charge in [-0.25, -0.2) is 0 Å². The molecule has 338 valence electrons. The van der Waals surface area contributed by atoms with E-state index in [9.17, 15) is 46.0 Å². The predicted octanol–water partition coefficient (Wildman–Crippen LogP) is 11.0. The molecule has 8 aromatic carbocycles. The van der Waals surface area contributed by atoms with Gasteiger partial charge in [0, 0.05) is 46.5 Å². The summed E-state index contributed by atoms with van der Waals surface area (Å²) in [5.41, 5.74) is 7.28. The van der Waals surface area contributed by atoms with E-state index in [1.54, 1.807) is 115 Å². The highest BCUT2D eigenvalue weighted by atomic mass is 16.5. The van der Waals surface area contributed by atoms with Gasteiger partial charge in [-0.1, -0.05) is 54.6 Å². The lowest BCUT2D eigenvalue weighted by Crippen LogP contribution is -2.16. The van der Waals surface area contributed by atoms with E-state index in [0.717, 1.165) is 22.3 Å². The van der Waals surface area contributed by atoms with Gasteiger partial charge in [-0.3, -0.25) is 0 Å². The van der Waals surface area contributed by atoms with Gasteiger partial charge in [0.1, 0.15) is 87.3 Å². The van der Waals surface area contributed by atoms with Crippen molar-refractivity contribution >= 4 is 12.2 Å². The van der Waals surface area contributed by atoms with Gasteiger partial charge in [0.2, 0.25) is 0 Å². The summed E-state index contributed by atoms with van der Waals surface area (Å²) in [6.07, 6.45) is 1.62.